The van der Waals surface area contributed by atoms with Gasteiger partial charge in [0.2, 0.25) is 5.89 Å². The highest BCUT2D eigenvalue weighted by Gasteiger charge is 2.37. The third kappa shape index (κ3) is 2.55. The Kier molecular flexibility index (Phi) is 3.59. The van der Waals surface area contributed by atoms with Crippen LogP contribution in [0.5, 0.6) is 0 Å². The molecule has 2 saturated heterocycles. The zero-order valence-corrected chi connectivity index (χ0v) is 11.6. The molecule has 100 valence electrons. The quantitative estimate of drug-likeness (QED) is 0.889. The number of piperazine rings is 1. The number of hydrogen-bond donors (Lipinski definition) is 1. The second-order valence-electron chi connectivity index (χ2n) is 5.22. The molecular formula is C12H20N4OS. The topological polar surface area (TPSA) is 54.2 Å². The highest BCUT2D eigenvalue weighted by atomic mass is 32.2. The first-order valence-corrected chi connectivity index (χ1v) is 7.65. The van der Waals surface area contributed by atoms with Crippen LogP contribution >= 0.6 is 11.8 Å². The maximum Gasteiger partial charge on any atom is 0.242 e. The fourth-order valence-electron chi connectivity index (χ4n) is 2.55. The van der Waals surface area contributed by atoms with Gasteiger partial charge in [0.05, 0.1) is 11.3 Å². The Morgan fingerprint density at radius 1 is 1.44 bits per heavy atom. The van der Waals surface area contributed by atoms with Crippen LogP contribution in [0, 0.1) is 0 Å². The van der Waals surface area contributed by atoms with Crippen molar-refractivity contribution in [2.75, 3.05) is 31.9 Å². The Morgan fingerprint density at radius 2 is 2.28 bits per heavy atom. The monoisotopic (exact) mass is 268 g/mol. The van der Waals surface area contributed by atoms with Crippen molar-refractivity contribution in [3.63, 3.8) is 0 Å². The first kappa shape index (κ1) is 12.4. The van der Waals surface area contributed by atoms with Crippen LogP contribution in [0.2, 0.25) is 0 Å². The average Bonchev–Trinajstić information content (AvgIpc) is 3.01. The summed E-state index contributed by atoms with van der Waals surface area (Å²) in [4.78, 5) is 6.97. The first-order chi connectivity index (χ1) is 8.76. The summed E-state index contributed by atoms with van der Waals surface area (Å²) in [5, 5.41) is 7.49. The van der Waals surface area contributed by atoms with Crippen molar-refractivity contribution in [1.29, 1.82) is 0 Å². The Labute approximate surface area is 112 Å². The number of nitrogens with one attached hydrogen (secondary N) is 1. The maximum atomic E-state index is 5.47. The van der Waals surface area contributed by atoms with Crippen LogP contribution in [0.25, 0.3) is 0 Å². The van der Waals surface area contributed by atoms with Gasteiger partial charge < -0.3 is 9.84 Å². The normalized spacial score (nSPS) is 29.8. The molecule has 0 bridgehead atoms. The summed E-state index contributed by atoms with van der Waals surface area (Å²) in [6, 6.07) is 0. The van der Waals surface area contributed by atoms with Gasteiger partial charge in [0.1, 0.15) is 0 Å². The predicted molar refractivity (Wildman–Crippen MR) is 71.5 cm³/mol. The van der Waals surface area contributed by atoms with Crippen LogP contribution in [0.15, 0.2) is 4.52 Å². The van der Waals surface area contributed by atoms with Crippen molar-refractivity contribution in [1.82, 2.24) is 20.4 Å². The molecule has 0 spiro atoms. The third-order valence-electron chi connectivity index (χ3n) is 3.71. The van der Waals surface area contributed by atoms with Crippen LogP contribution in [-0.2, 0) is 11.3 Å². The van der Waals surface area contributed by atoms with E-state index in [2.05, 4.69) is 27.3 Å². The molecule has 6 heteroatoms. The predicted octanol–water partition coefficient (Wildman–Crippen LogP) is 1.22. The van der Waals surface area contributed by atoms with Crippen LogP contribution in [0.1, 0.15) is 31.5 Å². The van der Waals surface area contributed by atoms with Crippen molar-refractivity contribution in [3.05, 3.63) is 11.7 Å². The number of nitrogens with zero attached hydrogens (tertiary/aromatic N) is 3. The number of aromatic nitrogens is 2. The van der Waals surface area contributed by atoms with Gasteiger partial charge in [-0.15, -0.1) is 11.8 Å². The van der Waals surface area contributed by atoms with Gasteiger partial charge in [-0.25, -0.2) is 0 Å². The highest BCUT2D eigenvalue weighted by Crippen LogP contribution is 2.45. The summed E-state index contributed by atoms with van der Waals surface area (Å²) >= 11 is 1.94. The van der Waals surface area contributed by atoms with E-state index in [4.69, 9.17) is 4.52 Å². The van der Waals surface area contributed by atoms with Crippen LogP contribution < -0.4 is 5.32 Å². The van der Waals surface area contributed by atoms with E-state index < -0.39 is 0 Å². The van der Waals surface area contributed by atoms with E-state index in [1.807, 2.05) is 11.8 Å². The Bertz CT molecular complexity index is 397. The van der Waals surface area contributed by atoms with Crippen molar-refractivity contribution < 1.29 is 4.52 Å². The molecule has 1 unspecified atom stereocenters. The SMILES string of the molecule is CC1(c2nc(CN3CCNCC3)no2)CCCS1. The van der Waals surface area contributed by atoms with E-state index in [1.54, 1.807) is 0 Å². The lowest BCUT2D eigenvalue weighted by Crippen LogP contribution is -2.43. The van der Waals surface area contributed by atoms with Gasteiger partial charge >= 0.3 is 0 Å². The Balaban J connectivity index is 1.65. The first-order valence-electron chi connectivity index (χ1n) is 6.66. The Morgan fingerprint density at radius 3 is 3.00 bits per heavy atom. The molecule has 2 aliphatic heterocycles. The molecule has 2 aliphatic rings. The minimum Gasteiger partial charge on any atom is -0.338 e. The molecule has 18 heavy (non-hydrogen) atoms. The van der Waals surface area contributed by atoms with Crippen molar-refractivity contribution in [2.45, 2.75) is 31.1 Å². The van der Waals surface area contributed by atoms with Gasteiger partial charge in [-0.2, -0.15) is 4.98 Å². The van der Waals surface area contributed by atoms with E-state index in [9.17, 15) is 0 Å². The molecule has 0 saturated carbocycles. The third-order valence-corrected chi connectivity index (χ3v) is 5.22. The summed E-state index contributed by atoms with van der Waals surface area (Å²) in [7, 11) is 0. The van der Waals surface area contributed by atoms with Crippen LogP contribution in [-0.4, -0.2) is 47.0 Å². The van der Waals surface area contributed by atoms with Crippen LogP contribution in [0.3, 0.4) is 0 Å². The number of rotatable bonds is 3. The van der Waals surface area contributed by atoms with E-state index in [1.165, 1.54) is 12.2 Å². The van der Waals surface area contributed by atoms with Crippen molar-refractivity contribution >= 4 is 11.8 Å². The van der Waals surface area contributed by atoms with E-state index in [0.29, 0.717) is 0 Å². The molecule has 0 radical (unpaired) electrons. The molecular weight excluding hydrogens is 248 g/mol. The second-order valence-corrected chi connectivity index (χ2v) is 6.82. The summed E-state index contributed by atoms with van der Waals surface area (Å²) in [5.74, 6) is 2.85. The molecule has 0 aliphatic carbocycles. The van der Waals surface area contributed by atoms with Crippen LogP contribution in [0.4, 0.5) is 0 Å². The lowest BCUT2D eigenvalue weighted by molar-refractivity contribution is 0.224. The molecule has 1 N–H and O–H groups in total. The molecule has 1 aromatic rings. The average molecular weight is 268 g/mol. The molecule has 1 aromatic heterocycles. The minimum absolute atomic E-state index is 0.0503. The van der Waals surface area contributed by atoms with E-state index in [0.717, 1.165) is 50.9 Å². The number of hydrogen-bond acceptors (Lipinski definition) is 6. The lowest BCUT2D eigenvalue weighted by atomic mass is 10.1. The van der Waals surface area contributed by atoms with Gasteiger partial charge in [-0.1, -0.05) is 5.16 Å². The Hall–Kier alpha value is -0.590. The molecule has 0 aromatic carbocycles. The summed E-state index contributed by atoms with van der Waals surface area (Å²) < 4.78 is 5.52. The largest absolute Gasteiger partial charge is 0.338 e. The second kappa shape index (κ2) is 5.19. The fourth-order valence-corrected chi connectivity index (χ4v) is 3.78. The smallest absolute Gasteiger partial charge is 0.242 e. The van der Waals surface area contributed by atoms with Gasteiger partial charge in [0.15, 0.2) is 5.82 Å². The molecule has 1 atom stereocenters. The van der Waals surface area contributed by atoms with E-state index in [-0.39, 0.29) is 4.75 Å². The van der Waals surface area contributed by atoms with Gasteiger partial charge in [0, 0.05) is 26.2 Å². The standard InChI is InChI=1S/C12H20N4OS/c1-12(3-2-8-18-12)11-14-10(15-17-11)9-16-6-4-13-5-7-16/h13H,2-9H2,1H3. The minimum atomic E-state index is 0.0503. The molecule has 3 rings (SSSR count). The summed E-state index contributed by atoms with van der Waals surface area (Å²) in [6.07, 6.45) is 2.39. The zero-order chi connectivity index (χ0) is 12.4. The summed E-state index contributed by atoms with van der Waals surface area (Å²) in [5.41, 5.74) is 0. The number of thioether (sulfide) groups is 1. The maximum absolute atomic E-state index is 5.47. The van der Waals surface area contributed by atoms with Crippen molar-refractivity contribution in [3.8, 4) is 0 Å². The molecule has 2 fully saturated rings. The fraction of sp³-hybridized carbons (Fsp3) is 0.833. The molecule has 0 amide bonds. The van der Waals surface area contributed by atoms with Gasteiger partial charge in [-0.3, -0.25) is 4.90 Å². The molecule has 5 nitrogen and oxygen atoms in total. The summed E-state index contributed by atoms with van der Waals surface area (Å²) in [6.45, 7) is 7.26. The molecule has 3 heterocycles. The highest BCUT2D eigenvalue weighted by molar-refractivity contribution is 8.00. The zero-order valence-electron chi connectivity index (χ0n) is 10.8. The van der Waals surface area contributed by atoms with Gasteiger partial charge in [0.25, 0.3) is 0 Å². The van der Waals surface area contributed by atoms with Crippen molar-refractivity contribution in [2.24, 2.45) is 0 Å². The van der Waals surface area contributed by atoms with E-state index >= 15 is 0 Å². The van der Waals surface area contributed by atoms with Gasteiger partial charge in [-0.05, 0) is 25.5 Å². The lowest BCUT2D eigenvalue weighted by Gasteiger charge is -2.25.